The molecule has 1 N–H and O–H groups in total. The third-order valence-electron chi connectivity index (χ3n) is 4.58. The molecule has 2 aliphatic rings. The third kappa shape index (κ3) is 2.73. The van der Waals surface area contributed by atoms with Crippen LogP contribution in [-0.4, -0.2) is 37.1 Å². The summed E-state index contributed by atoms with van der Waals surface area (Å²) in [5.74, 6) is 0. The maximum atomic E-state index is 3.41. The Balaban J connectivity index is 1.78. The van der Waals surface area contributed by atoms with E-state index >= 15 is 0 Å². The Morgan fingerprint density at radius 3 is 1.93 bits per heavy atom. The Morgan fingerprint density at radius 2 is 1.40 bits per heavy atom. The number of nitrogens with zero attached hydrogens (tertiary/aromatic N) is 1. The van der Waals surface area contributed by atoms with Crippen LogP contribution in [0.2, 0.25) is 0 Å². The maximum Gasteiger partial charge on any atom is 0.00963 e. The van der Waals surface area contributed by atoms with Crippen molar-refractivity contribution >= 4 is 0 Å². The average molecular weight is 210 g/mol. The first-order valence-electron chi connectivity index (χ1n) is 6.70. The van der Waals surface area contributed by atoms with E-state index < -0.39 is 0 Å². The van der Waals surface area contributed by atoms with Crippen LogP contribution < -0.4 is 5.32 Å². The second kappa shape index (κ2) is 5.31. The van der Waals surface area contributed by atoms with Crippen LogP contribution in [0.4, 0.5) is 0 Å². The van der Waals surface area contributed by atoms with Gasteiger partial charge >= 0.3 is 0 Å². The molecule has 0 aromatic heterocycles. The van der Waals surface area contributed by atoms with Crippen molar-refractivity contribution in [3.63, 3.8) is 0 Å². The van der Waals surface area contributed by atoms with Crippen molar-refractivity contribution in [1.29, 1.82) is 0 Å². The van der Waals surface area contributed by atoms with Crippen LogP contribution in [0, 0.1) is 0 Å². The number of rotatable bonds is 3. The first-order valence-corrected chi connectivity index (χ1v) is 6.70. The summed E-state index contributed by atoms with van der Waals surface area (Å²) in [6, 6.07) is 2.57. The Labute approximate surface area is 94.4 Å². The SMILES string of the molecule is CNC1CCC(N(C)C2CCCC2)CC1. The minimum atomic E-state index is 0.790. The highest BCUT2D eigenvalue weighted by Crippen LogP contribution is 2.29. The summed E-state index contributed by atoms with van der Waals surface area (Å²) >= 11 is 0. The largest absolute Gasteiger partial charge is 0.317 e. The molecule has 0 saturated heterocycles. The molecule has 2 aliphatic carbocycles. The fourth-order valence-corrected chi connectivity index (χ4v) is 3.38. The normalized spacial score (nSPS) is 33.8. The first kappa shape index (κ1) is 11.4. The summed E-state index contributed by atoms with van der Waals surface area (Å²) in [4.78, 5) is 2.69. The molecule has 2 heteroatoms. The smallest absolute Gasteiger partial charge is 0.00963 e. The highest BCUT2D eigenvalue weighted by molar-refractivity contribution is 4.85. The Morgan fingerprint density at radius 1 is 0.867 bits per heavy atom. The molecular weight excluding hydrogens is 184 g/mol. The van der Waals surface area contributed by atoms with Gasteiger partial charge in [-0.1, -0.05) is 12.8 Å². The van der Waals surface area contributed by atoms with Gasteiger partial charge in [0.1, 0.15) is 0 Å². The van der Waals surface area contributed by atoms with Crippen LogP contribution in [0.1, 0.15) is 51.4 Å². The van der Waals surface area contributed by atoms with E-state index in [1.807, 2.05) is 0 Å². The van der Waals surface area contributed by atoms with Gasteiger partial charge in [0.2, 0.25) is 0 Å². The maximum absolute atomic E-state index is 3.41. The zero-order valence-corrected chi connectivity index (χ0v) is 10.3. The van der Waals surface area contributed by atoms with Gasteiger partial charge in [0, 0.05) is 18.1 Å². The van der Waals surface area contributed by atoms with Crippen LogP contribution >= 0.6 is 0 Å². The van der Waals surface area contributed by atoms with Gasteiger partial charge in [-0.25, -0.2) is 0 Å². The number of nitrogens with one attached hydrogen (secondary N) is 1. The van der Waals surface area contributed by atoms with E-state index in [9.17, 15) is 0 Å². The molecular formula is C13H26N2. The lowest BCUT2D eigenvalue weighted by Gasteiger charge is -2.37. The summed E-state index contributed by atoms with van der Waals surface area (Å²) in [6.45, 7) is 0. The van der Waals surface area contributed by atoms with Gasteiger partial charge in [-0.2, -0.15) is 0 Å². The molecule has 0 aromatic carbocycles. The Kier molecular flexibility index (Phi) is 4.04. The van der Waals surface area contributed by atoms with Gasteiger partial charge in [-0.3, -0.25) is 0 Å². The predicted octanol–water partition coefficient (Wildman–Crippen LogP) is 2.39. The Bertz CT molecular complexity index is 179. The van der Waals surface area contributed by atoms with Crippen molar-refractivity contribution in [3.05, 3.63) is 0 Å². The molecule has 0 unspecified atom stereocenters. The quantitative estimate of drug-likeness (QED) is 0.769. The molecule has 2 rings (SSSR count). The van der Waals surface area contributed by atoms with Crippen molar-refractivity contribution in [2.75, 3.05) is 14.1 Å². The zero-order chi connectivity index (χ0) is 10.7. The van der Waals surface area contributed by atoms with E-state index in [4.69, 9.17) is 0 Å². The Hall–Kier alpha value is -0.0800. The van der Waals surface area contributed by atoms with Gasteiger partial charge in [-0.05, 0) is 52.6 Å². The van der Waals surface area contributed by atoms with Gasteiger partial charge in [0.25, 0.3) is 0 Å². The monoisotopic (exact) mass is 210 g/mol. The highest BCUT2D eigenvalue weighted by Gasteiger charge is 2.28. The van der Waals surface area contributed by atoms with Crippen LogP contribution in [0.3, 0.4) is 0 Å². The molecule has 0 bridgehead atoms. The molecule has 15 heavy (non-hydrogen) atoms. The molecule has 88 valence electrons. The van der Waals surface area contributed by atoms with E-state index in [1.165, 1.54) is 51.4 Å². The van der Waals surface area contributed by atoms with E-state index in [0.717, 1.165) is 18.1 Å². The van der Waals surface area contributed by atoms with Crippen LogP contribution in [0.15, 0.2) is 0 Å². The lowest BCUT2D eigenvalue weighted by Crippen LogP contribution is -2.43. The van der Waals surface area contributed by atoms with Crippen LogP contribution in [-0.2, 0) is 0 Å². The van der Waals surface area contributed by atoms with E-state index in [2.05, 4.69) is 24.3 Å². The van der Waals surface area contributed by atoms with Gasteiger partial charge in [0.15, 0.2) is 0 Å². The lowest BCUT2D eigenvalue weighted by atomic mass is 9.89. The molecule has 0 aromatic rings. The molecule has 0 radical (unpaired) electrons. The molecule has 0 heterocycles. The molecule has 0 amide bonds. The zero-order valence-electron chi connectivity index (χ0n) is 10.3. The van der Waals surface area contributed by atoms with Gasteiger partial charge in [0.05, 0.1) is 0 Å². The number of hydrogen-bond donors (Lipinski definition) is 1. The van der Waals surface area contributed by atoms with Gasteiger partial charge in [-0.15, -0.1) is 0 Å². The van der Waals surface area contributed by atoms with Crippen molar-refractivity contribution in [1.82, 2.24) is 10.2 Å². The molecule has 0 spiro atoms. The first-order chi connectivity index (χ1) is 7.31. The molecule has 0 atom stereocenters. The third-order valence-corrected chi connectivity index (χ3v) is 4.58. The van der Waals surface area contributed by atoms with Gasteiger partial charge < -0.3 is 10.2 Å². The summed E-state index contributed by atoms with van der Waals surface area (Å²) in [6.07, 6.45) is 11.4. The van der Waals surface area contributed by atoms with Crippen LogP contribution in [0.25, 0.3) is 0 Å². The minimum absolute atomic E-state index is 0.790. The van der Waals surface area contributed by atoms with Crippen molar-refractivity contribution in [2.45, 2.75) is 69.5 Å². The van der Waals surface area contributed by atoms with Crippen molar-refractivity contribution < 1.29 is 0 Å². The molecule has 2 nitrogen and oxygen atoms in total. The van der Waals surface area contributed by atoms with E-state index in [1.54, 1.807) is 0 Å². The van der Waals surface area contributed by atoms with E-state index in [-0.39, 0.29) is 0 Å². The summed E-state index contributed by atoms with van der Waals surface area (Å²) in [7, 11) is 4.46. The molecule has 0 aliphatic heterocycles. The molecule has 2 fully saturated rings. The van der Waals surface area contributed by atoms with E-state index in [0.29, 0.717) is 0 Å². The fraction of sp³-hybridized carbons (Fsp3) is 1.00. The van der Waals surface area contributed by atoms with Crippen LogP contribution in [0.5, 0.6) is 0 Å². The average Bonchev–Trinajstić information content (AvgIpc) is 2.82. The minimum Gasteiger partial charge on any atom is -0.317 e. The fourth-order valence-electron chi connectivity index (χ4n) is 3.38. The predicted molar refractivity (Wildman–Crippen MR) is 65.1 cm³/mol. The lowest BCUT2D eigenvalue weighted by molar-refractivity contribution is 0.130. The van der Waals surface area contributed by atoms with Crippen molar-refractivity contribution in [2.24, 2.45) is 0 Å². The summed E-state index contributed by atoms with van der Waals surface area (Å²) in [5, 5.41) is 3.41. The summed E-state index contributed by atoms with van der Waals surface area (Å²) < 4.78 is 0. The second-order valence-corrected chi connectivity index (χ2v) is 5.40. The highest BCUT2D eigenvalue weighted by atomic mass is 15.2. The number of hydrogen-bond acceptors (Lipinski definition) is 2. The topological polar surface area (TPSA) is 15.3 Å². The summed E-state index contributed by atoms with van der Waals surface area (Å²) in [5.41, 5.74) is 0. The second-order valence-electron chi connectivity index (χ2n) is 5.40. The standard InChI is InChI=1S/C13H26N2/c1-14-11-7-9-13(10-8-11)15(2)12-5-3-4-6-12/h11-14H,3-10H2,1-2H3. The van der Waals surface area contributed by atoms with Crippen molar-refractivity contribution in [3.8, 4) is 0 Å². The molecule has 2 saturated carbocycles.